The van der Waals surface area contributed by atoms with Crippen molar-refractivity contribution in [1.29, 1.82) is 0 Å². The third-order valence-electron chi connectivity index (χ3n) is 9.35. The smallest absolute Gasteiger partial charge is 0.164 e. The first-order valence-electron chi connectivity index (χ1n) is 15.6. The minimum absolute atomic E-state index is 0.119. The Morgan fingerprint density at radius 2 is 1.02 bits per heavy atom. The molecular formula is C42H29N3O. The van der Waals surface area contributed by atoms with Crippen molar-refractivity contribution >= 4 is 21.9 Å². The minimum Gasteiger partial charge on any atom is -0.455 e. The maximum Gasteiger partial charge on any atom is 0.164 e. The van der Waals surface area contributed by atoms with Crippen LogP contribution in [0, 0.1) is 0 Å². The zero-order valence-corrected chi connectivity index (χ0v) is 25.5. The van der Waals surface area contributed by atoms with Crippen molar-refractivity contribution in [3.8, 4) is 56.4 Å². The molecule has 4 nitrogen and oxygen atoms in total. The molecule has 0 spiro atoms. The summed E-state index contributed by atoms with van der Waals surface area (Å²) in [7, 11) is 0. The maximum atomic E-state index is 6.37. The summed E-state index contributed by atoms with van der Waals surface area (Å²) in [6.45, 7) is 4.59. The van der Waals surface area contributed by atoms with Crippen molar-refractivity contribution in [2.75, 3.05) is 0 Å². The summed E-state index contributed by atoms with van der Waals surface area (Å²) in [6, 6.07) is 48.4. The summed E-state index contributed by atoms with van der Waals surface area (Å²) in [5, 5.41) is 2.22. The Labute approximate surface area is 267 Å². The molecule has 9 rings (SSSR count). The van der Waals surface area contributed by atoms with Crippen molar-refractivity contribution < 1.29 is 4.42 Å². The number of fused-ring (bicyclic) bond motifs is 6. The van der Waals surface area contributed by atoms with Gasteiger partial charge in [-0.25, -0.2) is 15.0 Å². The molecule has 1 aliphatic carbocycles. The highest BCUT2D eigenvalue weighted by Crippen LogP contribution is 2.49. The van der Waals surface area contributed by atoms with Crippen LogP contribution in [-0.4, -0.2) is 15.0 Å². The molecule has 0 bridgehead atoms. The third-order valence-corrected chi connectivity index (χ3v) is 9.35. The van der Waals surface area contributed by atoms with Gasteiger partial charge in [0.2, 0.25) is 0 Å². The van der Waals surface area contributed by atoms with Gasteiger partial charge in [-0.3, -0.25) is 0 Å². The van der Waals surface area contributed by atoms with Gasteiger partial charge in [-0.05, 0) is 46.0 Å². The van der Waals surface area contributed by atoms with E-state index >= 15 is 0 Å². The third kappa shape index (κ3) is 4.11. The van der Waals surface area contributed by atoms with Crippen molar-refractivity contribution in [2.45, 2.75) is 19.3 Å². The highest BCUT2D eigenvalue weighted by atomic mass is 16.3. The quantitative estimate of drug-likeness (QED) is 0.204. The van der Waals surface area contributed by atoms with Gasteiger partial charge in [0.1, 0.15) is 11.2 Å². The van der Waals surface area contributed by atoms with Gasteiger partial charge in [-0.15, -0.1) is 0 Å². The van der Waals surface area contributed by atoms with E-state index in [1.54, 1.807) is 0 Å². The molecule has 2 heterocycles. The van der Waals surface area contributed by atoms with Crippen LogP contribution in [0.5, 0.6) is 0 Å². The second-order valence-electron chi connectivity index (χ2n) is 12.5. The number of hydrogen-bond acceptors (Lipinski definition) is 4. The first-order valence-corrected chi connectivity index (χ1v) is 15.6. The van der Waals surface area contributed by atoms with Crippen LogP contribution in [0.25, 0.3) is 78.4 Å². The fraction of sp³-hybridized carbons (Fsp3) is 0.0714. The van der Waals surface area contributed by atoms with Crippen LogP contribution >= 0.6 is 0 Å². The van der Waals surface area contributed by atoms with Gasteiger partial charge in [0.15, 0.2) is 17.5 Å². The summed E-state index contributed by atoms with van der Waals surface area (Å²) in [5.41, 5.74) is 11.8. The van der Waals surface area contributed by atoms with Crippen molar-refractivity contribution in [3.05, 3.63) is 151 Å². The molecule has 1 aliphatic rings. The Morgan fingerprint density at radius 1 is 0.435 bits per heavy atom. The van der Waals surface area contributed by atoms with Crippen LogP contribution < -0.4 is 0 Å². The number of furan rings is 1. The number of benzene rings is 6. The summed E-state index contributed by atoms with van der Waals surface area (Å²) in [6.07, 6.45) is 0. The molecule has 4 heteroatoms. The van der Waals surface area contributed by atoms with E-state index in [4.69, 9.17) is 19.4 Å². The predicted octanol–water partition coefficient (Wildman–Crippen LogP) is 10.7. The minimum atomic E-state index is -0.119. The Bertz CT molecular complexity index is 2460. The maximum absolute atomic E-state index is 6.37. The van der Waals surface area contributed by atoms with Crippen LogP contribution in [0.1, 0.15) is 25.0 Å². The molecule has 2 aromatic heterocycles. The molecule has 0 N–H and O–H groups in total. The van der Waals surface area contributed by atoms with Crippen molar-refractivity contribution in [1.82, 2.24) is 15.0 Å². The number of rotatable bonds is 4. The van der Waals surface area contributed by atoms with Crippen LogP contribution in [0.15, 0.2) is 144 Å². The van der Waals surface area contributed by atoms with E-state index in [-0.39, 0.29) is 5.41 Å². The van der Waals surface area contributed by atoms with E-state index in [0.29, 0.717) is 17.5 Å². The summed E-state index contributed by atoms with van der Waals surface area (Å²) < 4.78 is 6.37. The fourth-order valence-electron chi connectivity index (χ4n) is 6.99. The number of para-hydroxylation sites is 2. The van der Waals surface area contributed by atoms with Gasteiger partial charge in [0.25, 0.3) is 0 Å². The standard InChI is InChI=1S/C42H29N3O/c1-42(2)35-20-8-6-16-31(35)32-23-22-29(25-36(32)42)41-44-39(26-12-4-3-5-13-26)43-40(45-41)28-15-10-14-27(24-28)30-18-11-19-34-33-17-7-9-21-37(33)46-38(30)34/h3-25H,1-2H3. The zero-order valence-electron chi connectivity index (χ0n) is 25.5. The lowest BCUT2D eigenvalue weighted by molar-refractivity contribution is 0.660. The second kappa shape index (κ2) is 10.1. The van der Waals surface area contributed by atoms with E-state index < -0.39 is 0 Å². The number of aromatic nitrogens is 3. The lowest BCUT2D eigenvalue weighted by atomic mass is 9.82. The normalized spacial score (nSPS) is 13.2. The first-order chi connectivity index (χ1) is 22.5. The lowest BCUT2D eigenvalue weighted by Crippen LogP contribution is -2.15. The molecule has 0 saturated carbocycles. The number of nitrogens with zero attached hydrogens (tertiary/aromatic N) is 3. The highest BCUT2D eigenvalue weighted by molar-refractivity contribution is 6.09. The first kappa shape index (κ1) is 26.5. The predicted molar refractivity (Wildman–Crippen MR) is 186 cm³/mol. The highest BCUT2D eigenvalue weighted by Gasteiger charge is 2.35. The Morgan fingerprint density at radius 3 is 1.87 bits per heavy atom. The molecule has 8 aromatic rings. The molecule has 0 atom stereocenters. The van der Waals surface area contributed by atoms with E-state index in [9.17, 15) is 0 Å². The summed E-state index contributed by atoms with van der Waals surface area (Å²) in [5.74, 6) is 1.93. The largest absolute Gasteiger partial charge is 0.455 e. The molecule has 0 amide bonds. The van der Waals surface area contributed by atoms with Crippen molar-refractivity contribution in [3.63, 3.8) is 0 Å². The number of hydrogen-bond donors (Lipinski definition) is 0. The molecular weight excluding hydrogens is 562 g/mol. The van der Waals surface area contributed by atoms with Crippen LogP contribution in [-0.2, 0) is 5.41 Å². The lowest BCUT2D eigenvalue weighted by Gasteiger charge is -2.21. The molecule has 0 aliphatic heterocycles. The van der Waals surface area contributed by atoms with E-state index in [2.05, 4.69) is 105 Å². The molecule has 0 radical (unpaired) electrons. The molecule has 6 aromatic carbocycles. The van der Waals surface area contributed by atoms with Crippen molar-refractivity contribution in [2.24, 2.45) is 0 Å². The van der Waals surface area contributed by atoms with E-state index in [1.165, 1.54) is 22.3 Å². The zero-order chi connectivity index (χ0) is 30.8. The Kier molecular flexibility index (Phi) is 5.81. The second-order valence-corrected chi connectivity index (χ2v) is 12.5. The average molecular weight is 592 g/mol. The Balaban J connectivity index is 1.20. The average Bonchev–Trinajstić information content (AvgIpc) is 3.61. The van der Waals surface area contributed by atoms with Gasteiger partial charge in [-0.2, -0.15) is 0 Å². The topological polar surface area (TPSA) is 51.8 Å². The van der Waals surface area contributed by atoms with E-state index in [0.717, 1.165) is 49.8 Å². The monoisotopic (exact) mass is 591 g/mol. The van der Waals surface area contributed by atoms with Gasteiger partial charge < -0.3 is 4.42 Å². The SMILES string of the molecule is CC1(C)c2ccccc2-c2ccc(-c3nc(-c4ccccc4)nc(-c4cccc(-c5cccc6c5oc5ccccc56)c4)n3)cc21. The molecule has 0 fully saturated rings. The molecule has 218 valence electrons. The molecule has 46 heavy (non-hydrogen) atoms. The van der Waals surface area contributed by atoms with Crippen LogP contribution in [0.2, 0.25) is 0 Å². The van der Waals surface area contributed by atoms with Gasteiger partial charge >= 0.3 is 0 Å². The van der Waals surface area contributed by atoms with Gasteiger partial charge in [-0.1, -0.05) is 135 Å². The summed E-state index contributed by atoms with van der Waals surface area (Å²) >= 11 is 0. The summed E-state index contributed by atoms with van der Waals surface area (Å²) in [4.78, 5) is 15.2. The molecule has 0 unspecified atom stereocenters. The fourth-order valence-corrected chi connectivity index (χ4v) is 6.99. The molecule has 0 saturated heterocycles. The van der Waals surface area contributed by atoms with Gasteiger partial charge in [0.05, 0.1) is 0 Å². The van der Waals surface area contributed by atoms with Crippen LogP contribution in [0.4, 0.5) is 0 Å². The van der Waals surface area contributed by atoms with Gasteiger partial charge in [0, 0.05) is 38.4 Å². The Hall–Kier alpha value is -5.87. The van der Waals surface area contributed by atoms with E-state index in [1.807, 2.05) is 48.5 Å². The van der Waals surface area contributed by atoms with Crippen LogP contribution in [0.3, 0.4) is 0 Å².